The van der Waals surface area contributed by atoms with Crippen LogP contribution in [0.15, 0.2) is 35.7 Å². The van der Waals surface area contributed by atoms with Crippen LogP contribution in [-0.2, 0) is 19.9 Å². The number of hydrogen-bond acceptors (Lipinski definition) is 6. The smallest absolute Gasteiger partial charge is 0.247 e. The van der Waals surface area contributed by atoms with Gasteiger partial charge in [-0.2, -0.15) is 4.31 Å². The Bertz CT molecular complexity index is 863. The summed E-state index contributed by atoms with van der Waals surface area (Å²) in [6.07, 6.45) is 1.68. The first kappa shape index (κ1) is 19.7. The molecule has 1 atom stereocenters. The average Bonchev–Trinajstić information content (AvgIpc) is 2.85. The van der Waals surface area contributed by atoms with Gasteiger partial charge in [0, 0.05) is 18.2 Å². The molecule has 1 aromatic carbocycles. The van der Waals surface area contributed by atoms with Crippen molar-refractivity contribution in [2.75, 3.05) is 32.3 Å². The molecule has 1 aliphatic rings. The molecule has 9 heteroatoms. The summed E-state index contributed by atoms with van der Waals surface area (Å²) in [6, 6.07) is 4.47. The molecular formula is C16H23NO6S2. The molecule has 0 spiro atoms. The third-order valence-corrected chi connectivity index (χ3v) is 8.25. The van der Waals surface area contributed by atoms with Crippen LogP contribution in [0.5, 0.6) is 11.5 Å². The minimum Gasteiger partial charge on any atom is -0.497 e. The predicted octanol–water partition coefficient (Wildman–Crippen LogP) is 1.46. The standard InChI is InChI=1S/C16H23NO6S2/c1-5-9-17(16(2)8-10-24(18,19)12-16)25(20,21)15-11-13(22-3)6-7-14(15)23-4/h5-7,11H,1,8-10,12H2,2-4H3/t16-/m1/s1. The molecule has 1 heterocycles. The molecule has 0 aliphatic carbocycles. The largest absolute Gasteiger partial charge is 0.497 e. The third-order valence-electron chi connectivity index (χ3n) is 4.32. The van der Waals surface area contributed by atoms with Gasteiger partial charge in [0.15, 0.2) is 9.84 Å². The van der Waals surface area contributed by atoms with Gasteiger partial charge in [-0.3, -0.25) is 0 Å². The molecule has 25 heavy (non-hydrogen) atoms. The molecular weight excluding hydrogens is 366 g/mol. The van der Waals surface area contributed by atoms with Gasteiger partial charge >= 0.3 is 0 Å². The molecule has 140 valence electrons. The second-order valence-electron chi connectivity index (χ2n) is 6.18. The first-order valence-corrected chi connectivity index (χ1v) is 10.9. The summed E-state index contributed by atoms with van der Waals surface area (Å²) in [5, 5.41) is 0. The molecule has 0 amide bonds. The number of ether oxygens (including phenoxy) is 2. The number of benzene rings is 1. The van der Waals surface area contributed by atoms with Crippen LogP contribution in [0.1, 0.15) is 13.3 Å². The Labute approximate surface area is 149 Å². The second kappa shape index (κ2) is 6.97. The van der Waals surface area contributed by atoms with E-state index >= 15 is 0 Å². The minimum atomic E-state index is -4.04. The van der Waals surface area contributed by atoms with Crippen molar-refractivity contribution in [1.29, 1.82) is 0 Å². The Balaban J connectivity index is 2.60. The predicted molar refractivity (Wildman–Crippen MR) is 95.3 cm³/mol. The SMILES string of the molecule is C=CCN([C@]1(C)CCS(=O)(=O)C1)S(=O)(=O)c1cc(OC)ccc1OC. The zero-order valence-electron chi connectivity index (χ0n) is 14.6. The molecule has 1 saturated heterocycles. The van der Waals surface area contributed by atoms with E-state index in [2.05, 4.69) is 6.58 Å². The van der Waals surface area contributed by atoms with E-state index in [1.807, 2.05) is 0 Å². The van der Waals surface area contributed by atoms with Crippen molar-refractivity contribution in [3.8, 4) is 11.5 Å². The number of hydrogen-bond donors (Lipinski definition) is 0. The van der Waals surface area contributed by atoms with Gasteiger partial charge in [-0.1, -0.05) is 6.08 Å². The highest BCUT2D eigenvalue weighted by atomic mass is 32.2. The lowest BCUT2D eigenvalue weighted by molar-refractivity contribution is 0.251. The zero-order chi connectivity index (χ0) is 18.9. The summed E-state index contributed by atoms with van der Waals surface area (Å²) < 4.78 is 62.0. The third kappa shape index (κ3) is 3.83. The van der Waals surface area contributed by atoms with Crippen molar-refractivity contribution in [1.82, 2.24) is 4.31 Å². The van der Waals surface area contributed by atoms with Crippen LogP contribution >= 0.6 is 0 Å². The maximum atomic E-state index is 13.3. The number of sulfone groups is 1. The topological polar surface area (TPSA) is 90.0 Å². The van der Waals surface area contributed by atoms with Crippen LogP contribution in [0.3, 0.4) is 0 Å². The fourth-order valence-electron chi connectivity index (χ4n) is 3.02. The molecule has 7 nitrogen and oxygen atoms in total. The molecule has 0 saturated carbocycles. The van der Waals surface area contributed by atoms with Crippen molar-refractivity contribution in [2.45, 2.75) is 23.8 Å². The lowest BCUT2D eigenvalue weighted by Crippen LogP contribution is -2.50. The van der Waals surface area contributed by atoms with E-state index in [0.29, 0.717) is 5.75 Å². The van der Waals surface area contributed by atoms with Crippen LogP contribution < -0.4 is 9.47 Å². The van der Waals surface area contributed by atoms with Crippen LogP contribution in [0.2, 0.25) is 0 Å². The molecule has 0 unspecified atom stereocenters. The molecule has 0 N–H and O–H groups in total. The van der Waals surface area contributed by atoms with Gasteiger partial charge in [-0.25, -0.2) is 16.8 Å². The fraction of sp³-hybridized carbons (Fsp3) is 0.500. The van der Waals surface area contributed by atoms with Crippen molar-refractivity contribution >= 4 is 19.9 Å². The number of rotatable bonds is 7. The highest BCUT2D eigenvalue weighted by Gasteiger charge is 2.48. The maximum Gasteiger partial charge on any atom is 0.247 e. The highest BCUT2D eigenvalue weighted by Crippen LogP contribution is 2.37. The molecule has 2 rings (SSSR count). The lowest BCUT2D eigenvalue weighted by atomic mass is 10.0. The van der Waals surface area contributed by atoms with Crippen molar-refractivity contribution in [2.24, 2.45) is 0 Å². The Morgan fingerprint density at radius 3 is 2.48 bits per heavy atom. The van der Waals surface area contributed by atoms with E-state index in [-0.39, 0.29) is 35.1 Å². The van der Waals surface area contributed by atoms with Crippen molar-refractivity contribution in [3.05, 3.63) is 30.9 Å². The Morgan fingerprint density at radius 1 is 1.32 bits per heavy atom. The first-order chi connectivity index (χ1) is 11.6. The molecule has 0 bridgehead atoms. The number of nitrogens with zero attached hydrogens (tertiary/aromatic N) is 1. The minimum absolute atomic E-state index is 0.00524. The summed E-state index contributed by atoms with van der Waals surface area (Å²) in [5.74, 6) is 0.266. The Hall–Kier alpha value is -1.58. The first-order valence-electron chi connectivity index (χ1n) is 7.66. The quantitative estimate of drug-likeness (QED) is 0.656. The summed E-state index contributed by atoms with van der Waals surface area (Å²) in [4.78, 5) is -0.0678. The van der Waals surface area contributed by atoms with Crippen molar-refractivity contribution in [3.63, 3.8) is 0 Å². The number of sulfonamides is 1. The molecule has 0 aromatic heterocycles. The highest BCUT2D eigenvalue weighted by molar-refractivity contribution is 7.92. The number of methoxy groups -OCH3 is 2. The van der Waals surface area contributed by atoms with Gasteiger partial charge in [0.1, 0.15) is 16.4 Å². The molecule has 0 radical (unpaired) electrons. The summed E-state index contributed by atoms with van der Waals surface area (Å²) in [6.45, 7) is 5.25. The average molecular weight is 389 g/mol. The van der Waals surface area contributed by atoms with Gasteiger partial charge in [0.2, 0.25) is 10.0 Å². The molecule has 1 aliphatic heterocycles. The van der Waals surface area contributed by atoms with Gasteiger partial charge in [0.25, 0.3) is 0 Å². The van der Waals surface area contributed by atoms with E-state index < -0.39 is 25.4 Å². The van der Waals surface area contributed by atoms with Crippen molar-refractivity contribution < 1.29 is 26.3 Å². The molecule has 1 aromatic rings. The van der Waals surface area contributed by atoms with E-state index in [1.165, 1.54) is 36.7 Å². The summed E-state index contributed by atoms with van der Waals surface area (Å²) in [5.41, 5.74) is -1.04. The van der Waals surface area contributed by atoms with Gasteiger partial charge in [-0.05, 0) is 25.5 Å². The monoisotopic (exact) mass is 389 g/mol. The van der Waals surface area contributed by atoms with E-state index in [0.717, 1.165) is 0 Å². The fourth-order valence-corrected chi connectivity index (χ4v) is 7.19. The van der Waals surface area contributed by atoms with Crippen LogP contribution in [-0.4, -0.2) is 58.9 Å². The Morgan fingerprint density at radius 2 is 2.00 bits per heavy atom. The lowest BCUT2D eigenvalue weighted by Gasteiger charge is -2.36. The second-order valence-corrected chi connectivity index (χ2v) is 10.2. The van der Waals surface area contributed by atoms with Gasteiger partial charge in [0.05, 0.1) is 25.7 Å². The van der Waals surface area contributed by atoms with E-state index in [1.54, 1.807) is 13.0 Å². The maximum absolute atomic E-state index is 13.3. The zero-order valence-corrected chi connectivity index (χ0v) is 16.2. The van der Waals surface area contributed by atoms with Gasteiger partial charge < -0.3 is 9.47 Å². The van der Waals surface area contributed by atoms with E-state index in [9.17, 15) is 16.8 Å². The van der Waals surface area contributed by atoms with Crippen LogP contribution in [0, 0.1) is 0 Å². The van der Waals surface area contributed by atoms with Crippen LogP contribution in [0.4, 0.5) is 0 Å². The summed E-state index contributed by atoms with van der Waals surface area (Å²) in [7, 11) is -4.51. The summed E-state index contributed by atoms with van der Waals surface area (Å²) >= 11 is 0. The van der Waals surface area contributed by atoms with Gasteiger partial charge in [-0.15, -0.1) is 6.58 Å². The van der Waals surface area contributed by atoms with Crippen LogP contribution in [0.25, 0.3) is 0 Å². The normalized spacial score (nSPS) is 22.7. The van der Waals surface area contributed by atoms with E-state index in [4.69, 9.17) is 9.47 Å². The molecule has 1 fully saturated rings. The Kier molecular flexibility index (Phi) is 5.50.